The van der Waals surface area contributed by atoms with Gasteiger partial charge in [0.2, 0.25) is 0 Å². The number of esters is 2. The lowest BCUT2D eigenvalue weighted by molar-refractivity contribution is -0.144. The van der Waals surface area contributed by atoms with Gasteiger partial charge in [0.05, 0.1) is 22.7 Å². The number of aliphatic imine (C=N–C) groups is 1. The zero-order valence-electron chi connectivity index (χ0n) is 19.7. The van der Waals surface area contributed by atoms with Crippen molar-refractivity contribution in [1.29, 1.82) is 0 Å². The van der Waals surface area contributed by atoms with Gasteiger partial charge in [0.15, 0.2) is 0 Å². The van der Waals surface area contributed by atoms with E-state index in [2.05, 4.69) is 9.89 Å². The largest absolute Gasteiger partial charge is 0.468 e. The van der Waals surface area contributed by atoms with Gasteiger partial charge in [-0.2, -0.15) is 0 Å². The fourth-order valence-electron chi connectivity index (χ4n) is 4.18. The van der Waals surface area contributed by atoms with Crippen LogP contribution in [0.1, 0.15) is 30.9 Å². The molecule has 0 bridgehead atoms. The highest BCUT2D eigenvalue weighted by Crippen LogP contribution is 2.44. The Morgan fingerprint density at radius 3 is 2.44 bits per heavy atom. The molecule has 0 aliphatic carbocycles. The molecule has 0 spiro atoms. The molecule has 0 saturated heterocycles. The molecule has 0 N–H and O–H groups in total. The number of carbonyl (C=O) groups excluding carboxylic acids is 2. The van der Waals surface area contributed by atoms with Gasteiger partial charge in [-0.25, -0.2) is 4.79 Å². The van der Waals surface area contributed by atoms with Gasteiger partial charge in [-0.05, 0) is 38.1 Å². The van der Waals surface area contributed by atoms with E-state index in [1.54, 1.807) is 32.0 Å². The number of halogens is 2. The third kappa shape index (κ3) is 5.87. The van der Waals surface area contributed by atoms with Crippen molar-refractivity contribution in [3.8, 4) is 0 Å². The zero-order valence-corrected chi connectivity index (χ0v) is 21.2. The van der Waals surface area contributed by atoms with E-state index >= 15 is 0 Å². The number of ether oxygens (including phenoxy) is 2. The summed E-state index contributed by atoms with van der Waals surface area (Å²) < 4.78 is 10.7. The van der Waals surface area contributed by atoms with E-state index in [-0.39, 0.29) is 17.2 Å². The van der Waals surface area contributed by atoms with Crippen molar-refractivity contribution in [3.63, 3.8) is 0 Å². The number of hydrogen-bond acceptors (Lipinski definition) is 6. The number of nitrogens with zero attached hydrogens (tertiary/aromatic N) is 2. The predicted octanol–water partition coefficient (Wildman–Crippen LogP) is 5.29. The Morgan fingerprint density at radius 1 is 1.06 bits per heavy atom. The second kappa shape index (κ2) is 11.6. The van der Waals surface area contributed by atoms with Crippen molar-refractivity contribution in [2.24, 2.45) is 10.9 Å². The fourth-order valence-corrected chi connectivity index (χ4v) is 4.60. The van der Waals surface area contributed by atoms with Crippen LogP contribution in [-0.2, 0) is 25.6 Å². The SMILES string of the molecule is COC(=O)C1C(C)=NC(C)=C(C(=O)OCCN(C)Cc2ccccc2)C1c1cccc(Cl)c1Cl. The van der Waals surface area contributed by atoms with Crippen LogP contribution in [0, 0.1) is 5.92 Å². The summed E-state index contributed by atoms with van der Waals surface area (Å²) in [5.41, 5.74) is 3.00. The minimum atomic E-state index is -0.826. The first-order valence-corrected chi connectivity index (χ1v) is 11.7. The minimum absolute atomic E-state index is 0.181. The van der Waals surface area contributed by atoms with Gasteiger partial charge in [-0.15, -0.1) is 0 Å². The Hall–Kier alpha value is -2.67. The van der Waals surface area contributed by atoms with Crippen LogP contribution >= 0.6 is 23.2 Å². The Labute approximate surface area is 210 Å². The van der Waals surface area contributed by atoms with E-state index in [4.69, 9.17) is 32.7 Å². The maximum atomic E-state index is 13.3. The molecule has 0 aromatic heterocycles. The molecule has 0 radical (unpaired) electrons. The highest BCUT2D eigenvalue weighted by molar-refractivity contribution is 6.42. The summed E-state index contributed by atoms with van der Waals surface area (Å²) in [7, 11) is 3.26. The number of carbonyl (C=O) groups is 2. The Kier molecular flexibility index (Phi) is 8.89. The summed E-state index contributed by atoms with van der Waals surface area (Å²) in [5, 5.41) is 0.606. The number of likely N-dealkylation sites (N-methyl/N-ethyl adjacent to an activating group) is 1. The molecule has 2 aromatic carbocycles. The zero-order chi connectivity index (χ0) is 24.8. The van der Waals surface area contributed by atoms with Crippen LogP contribution in [-0.4, -0.2) is 49.9 Å². The summed E-state index contributed by atoms with van der Waals surface area (Å²) in [6, 6.07) is 15.2. The lowest BCUT2D eigenvalue weighted by Crippen LogP contribution is -2.36. The summed E-state index contributed by atoms with van der Waals surface area (Å²) >= 11 is 12.8. The molecule has 0 amide bonds. The van der Waals surface area contributed by atoms with Crippen LogP contribution in [0.2, 0.25) is 10.0 Å². The molecular weight excluding hydrogens is 475 g/mol. The predicted molar refractivity (Wildman–Crippen MR) is 134 cm³/mol. The second-order valence-corrected chi connectivity index (χ2v) is 9.02. The number of benzene rings is 2. The number of methoxy groups -OCH3 is 1. The van der Waals surface area contributed by atoms with Gasteiger partial charge >= 0.3 is 11.9 Å². The molecule has 6 nitrogen and oxygen atoms in total. The summed E-state index contributed by atoms with van der Waals surface area (Å²) in [4.78, 5) is 32.6. The molecule has 8 heteroatoms. The highest BCUT2D eigenvalue weighted by atomic mass is 35.5. The molecule has 1 heterocycles. The van der Waals surface area contributed by atoms with Crippen LogP contribution in [0.5, 0.6) is 0 Å². The maximum Gasteiger partial charge on any atom is 0.336 e. The van der Waals surface area contributed by atoms with Gasteiger partial charge < -0.3 is 9.47 Å². The topological polar surface area (TPSA) is 68.2 Å². The fraction of sp³-hybridized carbons (Fsp3) is 0.346. The van der Waals surface area contributed by atoms with Gasteiger partial charge in [0.1, 0.15) is 12.5 Å². The average Bonchev–Trinajstić information content (AvgIpc) is 2.80. The van der Waals surface area contributed by atoms with E-state index in [1.165, 1.54) is 12.7 Å². The standard InChI is InChI=1S/C26H28Cl2N2O4/c1-16-21(25(31)33-4)23(19-11-8-12-20(27)24(19)28)22(17(2)29-16)26(32)34-14-13-30(3)15-18-9-6-5-7-10-18/h5-12,21,23H,13-15H2,1-4H3. The van der Waals surface area contributed by atoms with Gasteiger partial charge in [0, 0.05) is 30.4 Å². The van der Waals surface area contributed by atoms with Crippen LogP contribution in [0.15, 0.2) is 64.8 Å². The smallest absolute Gasteiger partial charge is 0.336 e. The van der Waals surface area contributed by atoms with E-state index in [0.29, 0.717) is 28.5 Å². The molecule has 34 heavy (non-hydrogen) atoms. The first kappa shape index (κ1) is 25.9. The van der Waals surface area contributed by atoms with E-state index < -0.39 is 23.8 Å². The molecule has 0 fully saturated rings. The van der Waals surface area contributed by atoms with Gasteiger partial charge in [-0.1, -0.05) is 65.7 Å². The van der Waals surface area contributed by atoms with Crippen molar-refractivity contribution >= 4 is 40.9 Å². The summed E-state index contributed by atoms with van der Waals surface area (Å²) in [5.74, 6) is -2.61. The van der Waals surface area contributed by atoms with E-state index in [1.807, 2.05) is 37.4 Å². The van der Waals surface area contributed by atoms with Gasteiger partial charge in [0.25, 0.3) is 0 Å². The molecule has 3 rings (SSSR count). The lowest BCUT2D eigenvalue weighted by atomic mass is 9.75. The van der Waals surface area contributed by atoms with E-state index in [9.17, 15) is 9.59 Å². The highest BCUT2D eigenvalue weighted by Gasteiger charge is 2.43. The summed E-state index contributed by atoms with van der Waals surface area (Å²) in [6.07, 6.45) is 0. The first-order chi connectivity index (χ1) is 16.2. The quantitative estimate of drug-likeness (QED) is 0.458. The Morgan fingerprint density at radius 2 is 1.76 bits per heavy atom. The van der Waals surface area contributed by atoms with Crippen molar-refractivity contribution in [1.82, 2.24) is 4.90 Å². The molecule has 0 saturated carbocycles. The number of allylic oxidation sites excluding steroid dienone is 1. The van der Waals surface area contributed by atoms with Crippen molar-refractivity contribution in [2.45, 2.75) is 26.3 Å². The Bertz CT molecular complexity index is 1120. The van der Waals surface area contributed by atoms with E-state index in [0.717, 1.165) is 6.54 Å². The average molecular weight is 503 g/mol. The molecule has 2 unspecified atom stereocenters. The second-order valence-electron chi connectivity index (χ2n) is 8.23. The molecule has 1 aliphatic rings. The van der Waals surface area contributed by atoms with Crippen LogP contribution in [0.4, 0.5) is 0 Å². The molecule has 2 atom stereocenters. The first-order valence-electron chi connectivity index (χ1n) is 10.9. The third-order valence-electron chi connectivity index (χ3n) is 5.82. The molecule has 2 aromatic rings. The van der Waals surface area contributed by atoms with Crippen LogP contribution in [0.3, 0.4) is 0 Å². The summed E-state index contributed by atoms with van der Waals surface area (Å²) in [6.45, 7) is 4.91. The third-order valence-corrected chi connectivity index (χ3v) is 6.65. The Balaban J connectivity index is 1.84. The molecule has 180 valence electrons. The number of rotatable bonds is 8. The molecule has 1 aliphatic heterocycles. The van der Waals surface area contributed by atoms with Crippen molar-refractivity contribution in [2.75, 3.05) is 27.3 Å². The van der Waals surface area contributed by atoms with Crippen molar-refractivity contribution < 1.29 is 19.1 Å². The van der Waals surface area contributed by atoms with Crippen LogP contribution in [0.25, 0.3) is 0 Å². The van der Waals surface area contributed by atoms with Crippen molar-refractivity contribution in [3.05, 3.63) is 81.0 Å². The van der Waals surface area contributed by atoms with Crippen LogP contribution < -0.4 is 0 Å². The maximum absolute atomic E-state index is 13.3. The lowest BCUT2D eigenvalue weighted by Gasteiger charge is -2.32. The normalized spacial score (nSPS) is 18.0. The minimum Gasteiger partial charge on any atom is -0.468 e. The molecular formula is C26H28Cl2N2O4. The number of hydrogen-bond donors (Lipinski definition) is 0. The van der Waals surface area contributed by atoms with Gasteiger partial charge in [-0.3, -0.25) is 14.7 Å². The monoisotopic (exact) mass is 502 g/mol.